The lowest BCUT2D eigenvalue weighted by Crippen LogP contribution is -2.26. The summed E-state index contributed by atoms with van der Waals surface area (Å²) < 4.78 is 5.83. The van der Waals surface area contributed by atoms with E-state index in [4.69, 9.17) is 9.84 Å². The fraction of sp³-hybridized carbons (Fsp3) is 0.562. The molecule has 1 N–H and O–H groups in total. The first-order valence-electron chi connectivity index (χ1n) is 6.98. The zero-order valence-corrected chi connectivity index (χ0v) is 11.7. The van der Waals surface area contributed by atoms with Crippen molar-refractivity contribution in [2.45, 2.75) is 46.0 Å². The largest absolute Gasteiger partial charge is 0.493 e. The van der Waals surface area contributed by atoms with Gasteiger partial charge < -0.3 is 9.84 Å². The Morgan fingerprint density at radius 2 is 2.05 bits per heavy atom. The average molecular weight is 262 g/mol. The minimum atomic E-state index is -0.772. The Hall–Kier alpha value is -1.51. The highest BCUT2D eigenvalue weighted by Crippen LogP contribution is 2.30. The van der Waals surface area contributed by atoms with E-state index < -0.39 is 11.4 Å². The molecule has 0 radical (unpaired) electrons. The molecule has 1 aromatic rings. The molecule has 0 heterocycles. The third-order valence-electron chi connectivity index (χ3n) is 3.92. The summed E-state index contributed by atoms with van der Waals surface area (Å²) in [6, 6.07) is 6.20. The zero-order chi connectivity index (χ0) is 13.9. The first-order valence-corrected chi connectivity index (χ1v) is 6.98. The van der Waals surface area contributed by atoms with Gasteiger partial charge in [-0.25, -0.2) is 0 Å². The summed E-state index contributed by atoms with van der Waals surface area (Å²) in [5.41, 5.74) is 1.98. The molecule has 19 heavy (non-hydrogen) atoms. The summed E-state index contributed by atoms with van der Waals surface area (Å²) in [6.07, 6.45) is 5.20. The maximum absolute atomic E-state index is 11.0. The lowest BCUT2D eigenvalue weighted by molar-refractivity contribution is -0.147. The van der Waals surface area contributed by atoms with E-state index in [2.05, 4.69) is 6.07 Å². The van der Waals surface area contributed by atoms with E-state index >= 15 is 0 Å². The predicted molar refractivity (Wildman–Crippen MR) is 74.6 cm³/mol. The maximum atomic E-state index is 11.0. The van der Waals surface area contributed by atoms with Gasteiger partial charge in [0.05, 0.1) is 12.0 Å². The van der Waals surface area contributed by atoms with Crippen molar-refractivity contribution in [1.82, 2.24) is 0 Å². The number of hydrogen-bond donors (Lipinski definition) is 1. The Labute approximate surface area is 114 Å². The number of carboxylic acids is 1. The molecule has 2 rings (SSSR count). The Balaban J connectivity index is 1.99. The van der Waals surface area contributed by atoms with E-state index in [9.17, 15) is 4.79 Å². The van der Waals surface area contributed by atoms with Crippen LogP contribution >= 0.6 is 0 Å². The minimum Gasteiger partial charge on any atom is -0.493 e. The van der Waals surface area contributed by atoms with Crippen LogP contribution in [0.25, 0.3) is 0 Å². The summed E-state index contributed by atoms with van der Waals surface area (Å²) in [6.45, 7) is 3.92. The predicted octanol–water partition coefficient (Wildman–Crippen LogP) is 3.45. The van der Waals surface area contributed by atoms with Gasteiger partial charge in [-0.1, -0.05) is 12.1 Å². The monoisotopic (exact) mass is 262 g/mol. The Kier molecular flexibility index (Phi) is 4.13. The van der Waals surface area contributed by atoms with Crippen LogP contribution in [0.4, 0.5) is 0 Å². The molecule has 0 fully saturated rings. The SMILES string of the molecule is CC(C)(CCOc1cccc2c1CCCC2)C(=O)O. The van der Waals surface area contributed by atoms with Crippen molar-refractivity contribution in [2.75, 3.05) is 6.61 Å². The van der Waals surface area contributed by atoms with Crippen LogP contribution in [0, 0.1) is 5.41 Å². The topological polar surface area (TPSA) is 46.5 Å². The van der Waals surface area contributed by atoms with Gasteiger partial charge in [0, 0.05) is 0 Å². The Morgan fingerprint density at radius 1 is 1.32 bits per heavy atom. The van der Waals surface area contributed by atoms with Crippen LogP contribution in [0.5, 0.6) is 5.75 Å². The fourth-order valence-corrected chi connectivity index (χ4v) is 2.40. The van der Waals surface area contributed by atoms with E-state index in [1.807, 2.05) is 12.1 Å². The van der Waals surface area contributed by atoms with Crippen LogP contribution in [0.2, 0.25) is 0 Å². The molecule has 1 aromatic carbocycles. The van der Waals surface area contributed by atoms with E-state index in [0.717, 1.165) is 18.6 Å². The molecule has 1 aliphatic carbocycles. The van der Waals surface area contributed by atoms with Crippen LogP contribution in [0.15, 0.2) is 18.2 Å². The highest BCUT2D eigenvalue weighted by Gasteiger charge is 2.27. The van der Waals surface area contributed by atoms with Gasteiger partial charge in [0.15, 0.2) is 0 Å². The third kappa shape index (κ3) is 3.28. The highest BCUT2D eigenvalue weighted by atomic mass is 16.5. The molecule has 0 aliphatic heterocycles. The molecule has 3 heteroatoms. The number of aryl methyl sites for hydroxylation is 1. The van der Waals surface area contributed by atoms with Crippen molar-refractivity contribution in [3.05, 3.63) is 29.3 Å². The summed E-state index contributed by atoms with van der Waals surface area (Å²) in [4.78, 5) is 11.0. The molecular weight excluding hydrogens is 240 g/mol. The Morgan fingerprint density at radius 3 is 2.79 bits per heavy atom. The molecule has 3 nitrogen and oxygen atoms in total. The molecule has 0 saturated carbocycles. The van der Waals surface area contributed by atoms with E-state index in [-0.39, 0.29) is 0 Å². The van der Waals surface area contributed by atoms with Gasteiger partial charge in [0.2, 0.25) is 0 Å². The summed E-state index contributed by atoms with van der Waals surface area (Å²) in [5.74, 6) is 0.171. The van der Waals surface area contributed by atoms with Crippen molar-refractivity contribution >= 4 is 5.97 Å². The molecule has 0 amide bonds. The number of rotatable bonds is 5. The Bertz CT molecular complexity index is 463. The molecular formula is C16H22O3. The number of carboxylic acid groups (broad SMARTS) is 1. The van der Waals surface area contributed by atoms with E-state index in [0.29, 0.717) is 13.0 Å². The second-order valence-corrected chi connectivity index (χ2v) is 5.89. The molecule has 0 saturated heterocycles. The molecule has 0 bridgehead atoms. The highest BCUT2D eigenvalue weighted by molar-refractivity contribution is 5.73. The van der Waals surface area contributed by atoms with Crippen molar-refractivity contribution in [1.29, 1.82) is 0 Å². The third-order valence-corrected chi connectivity index (χ3v) is 3.92. The van der Waals surface area contributed by atoms with Gasteiger partial charge in [0.25, 0.3) is 0 Å². The lowest BCUT2D eigenvalue weighted by atomic mass is 9.90. The van der Waals surface area contributed by atoms with Crippen LogP contribution in [-0.2, 0) is 17.6 Å². The van der Waals surface area contributed by atoms with Crippen LogP contribution in [0.3, 0.4) is 0 Å². The molecule has 0 atom stereocenters. The fourth-order valence-electron chi connectivity index (χ4n) is 2.40. The standard InChI is InChI=1S/C16H22O3/c1-16(2,15(17)18)10-11-19-14-9-5-7-12-6-3-4-8-13(12)14/h5,7,9H,3-4,6,8,10-11H2,1-2H3,(H,17,18). The minimum absolute atomic E-state index is 0.454. The van der Waals surface area contributed by atoms with E-state index in [1.54, 1.807) is 13.8 Å². The van der Waals surface area contributed by atoms with Gasteiger partial charge in [-0.2, -0.15) is 0 Å². The summed E-state index contributed by atoms with van der Waals surface area (Å²) >= 11 is 0. The van der Waals surface area contributed by atoms with Crippen molar-refractivity contribution in [3.8, 4) is 5.75 Å². The number of carbonyl (C=O) groups is 1. The molecule has 0 unspecified atom stereocenters. The lowest BCUT2D eigenvalue weighted by Gasteiger charge is -2.22. The van der Waals surface area contributed by atoms with E-state index in [1.165, 1.54) is 24.0 Å². The molecule has 104 valence electrons. The van der Waals surface area contributed by atoms with Gasteiger partial charge in [-0.3, -0.25) is 4.79 Å². The van der Waals surface area contributed by atoms with Crippen molar-refractivity contribution < 1.29 is 14.6 Å². The van der Waals surface area contributed by atoms with Crippen molar-refractivity contribution in [3.63, 3.8) is 0 Å². The maximum Gasteiger partial charge on any atom is 0.309 e. The van der Waals surface area contributed by atoms with Gasteiger partial charge >= 0.3 is 5.97 Å². The normalized spacial score (nSPS) is 14.8. The van der Waals surface area contributed by atoms with Crippen molar-refractivity contribution in [2.24, 2.45) is 5.41 Å². The number of hydrogen-bond acceptors (Lipinski definition) is 2. The number of aliphatic carboxylic acids is 1. The average Bonchev–Trinajstić information content (AvgIpc) is 2.38. The number of ether oxygens (including phenoxy) is 1. The smallest absolute Gasteiger partial charge is 0.309 e. The molecule has 0 aromatic heterocycles. The molecule has 0 spiro atoms. The second-order valence-electron chi connectivity index (χ2n) is 5.89. The van der Waals surface area contributed by atoms with Crippen LogP contribution < -0.4 is 4.74 Å². The first-order chi connectivity index (χ1) is 9.00. The molecule has 1 aliphatic rings. The zero-order valence-electron chi connectivity index (χ0n) is 11.7. The van der Waals surface area contributed by atoms with Gasteiger partial charge in [0.1, 0.15) is 5.75 Å². The number of fused-ring (bicyclic) bond motifs is 1. The van der Waals surface area contributed by atoms with Crippen LogP contribution in [-0.4, -0.2) is 17.7 Å². The van der Waals surface area contributed by atoms with Gasteiger partial charge in [-0.15, -0.1) is 0 Å². The number of benzene rings is 1. The first kappa shape index (κ1) is 13.9. The summed E-state index contributed by atoms with van der Waals surface area (Å²) in [5, 5.41) is 9.07. The van der Waals surface area contributed by atoms with Gasteiger partial charge in [-0.05, 0) is 63.1 Å². The van der Waals surface area contributed by atoms with Crippen LogP contribution in [0.1, 0.15) is 44.2 Å². The quantitative estimate of drug-likeness (QED) is 0.884. The second kappa shape index (κ2) is 5.64. The summed E-state index contributed by atoms with van der Waals surface area (Å²) in [7, 11) is 0.